The van der Waals surface area contributed by atoms with Crippen molar-refractivity contribution in [3.05, 3.63) is 29.3 Å². The zero-order chi connectivity index (χ0) is 15.4. The monoisotopic (exact) mass is 306 g/mol. The normalized spacial score (nSPS) is 22.2. The molecule has 0 saturated carbocycles. The fourth-order valence-corrected chi connectivity index (χ4v) is 3.72. The molecule has 2 rings (SSSR count). The molecular weight excluding hydrogens is 280 g/mol. The smallest absolute Gasteiger partial charge is 0.256 e. The van der Waals surface area contributed by atoms with Gasteiger partial charge in [0.2, 0.25) is 0 Å². The SMILES string of the molecule is CCCNc1cc(C)ccc1C(=O)N1CCSC(C)C1C. The van der Waals surface area contributed by atoms with Gasteiger partial charge in [0.05, 0.1) is 5.56 Å². The van der Waals surface area contributed by atoms with E-state index >= 15 is 0 Å². The molecule has 1 aliphatic rings. The lowest BCUT2D eigenvalue weighted by atomic mass is 10.1. The van der Waals surface area contributed by atoms with Gasteiger partial charge in [-0.2, -0.15) is 11.8 Å². The molecule has 1 aliphatic heterocycles. The minimum Gasteiger partial charge on any atom is -0.384 e. The van der Waals surface area contributed by atoms with E-state index in [2.05, 4.69) is 39.1 Å². The molecule has 1 fully saturated rings. The van der Waals surface area contributed by atoms with E-state index in [0.717, 1.165) is 36.5 Å². The summed E-state index contributed by atoms with van der Waals surface area (Å²) in [7, 11) is 0. The van der Waals surface area contributed by atoms with Crippen molar-refractivity contribution < 1.29 is 4.79 Å². The molecule has 0 aliphatic carbocycles. The van der Waals surface area contributed by atoms with Gasteiger partial charge in [-0.3, -0.25) is 4.79 Å². The van der Waals surface area contributed by atoms with Crippen LogP contribution in [0.5, 0.6) is 0 Å². The van der Waals surface area contributed by atoms with E-state index in [4.69, 9.17) is 0 Å². The van der Waals surface area contributed by atoms with Crippen LogP contribution in [0.15, 0.2) is 18.2 Å². The minimum atomic E-state index is 0.160. The molecule has 0 spiro atoms. The van der Waals surface area contributed by atoms with Gasteiger partial charge in [-0.25, -0.2) is 0 Å². The van der Waals surface area contributed by atoms with Crippen LogP contribution in [0.4, 0.5) is 5.69 Å². The first-order valence-corrected chi connectivity index (χ1v) is 8.86. The van der Waals surface area contributed by atoms with Crippen LogP contribution in [0.25, 0.3) is 0 Å². The lowest BCUT2D eigenvalue weighted by Crippen LogP contribution is -2.48. The summed E-state index contributed by atoms with van der Waals surface area (Å²) in [6, 6.07) is 6.36. The first kappa shape index (κ1) is 16.2. The van der Waals surface area contributed by atoms with Crippen molar-refractivity contribution in [2.75, 3.05) is 24.2 Å². The molecule has 1 heterocycles. The maximum absolute atomic E-state index is 12.9. The largest absolute Gasteiger partial charge is 0.384 e. The number of hydrogen-bond donors (Lipinski definition) is 1. The Labute approximate surface area is 132 Å². The third-order valence-electron chi connectivity index (χ3n) is 4.12. The average molecular weight is 306 g/mol. The standard InChI is InChI=1S/C17H26N2OS/c1-5-8-18-16-11-12(2)6-7-15(16)17(20)19-9-10-21-14(4)13(19)3/h6-7,11,13-14,18H,5,8-10H2,1-4H3. The maximum Gasteiger partial charge on any atom is 0.256 e. The number of aryl methyl sites for hydroxylation is 1. The Kier molecular flexibility index (Phi) is 5.57. The lowest BCUT2D eigenvalue weighted by Gasteiger charge is -2.37. The highest BCUT2D eigenvalue weighted by Gasteiger charge is 2.30. The molecule has 4 heteroatoms. The molecule has 1 aromatic carbocycles. The molecule has 0 bridgehead atoms. The number of rotatable bonds is 4. The number of anilines is 1. The first-order valence-electron chi connectivity index (χ1n) is 7.81. The van der Waals surface area contributed by atoms with Gasteiger partial charge in [-0.15, -0.1) is 0 Å². The fourth-order valence-electron chi connectivity index (χ4n) is 2.62. The van der Waals surface area contributed by atoms with Crippen LogP contribution in [0.3, 0.4) is 0 Å². The second-order valence-electron chi connectivity index (χ2n) is 5.79. The molecular formula is C17H26N2OS. The third-order valence-corrected chi connectivity index (χ3v) is 5.45. The van der Waals surface area contributed by atoms with E-state index in [1.807, 2.05) is 28.8 Å². The fraction of sp³-hybridized carbons (Fsp3) is 0.588. The third kappa shape index (κ3) is 3.73. The number of thioether (sulfide) groups is 1. The van der Waals surface area contributed by atoms with Crippen molar-refractivity contribution in [2.45, 2.75) is 45.4 Å². The van der Waals surface area contributed by atoms with Gasteiger partial charge in [0.25, 0.3) is 5.91 Å². The highest BCUT2D eigenvalue weighted by molar-refractivity contribution is 8.00. The predicted molar refractivity (Wildman–Crippen MR) is 92.4 cm³/mol. The Balaban J connectivity index is 2.25. The predicted octanol–water partition coefficient (Wildman–Crippen LogP) is 3.78. The summed E-state index contributed by atoms with van der Waals surface area (Å²) >= 11 is 1.95. The molecule has 2 unspecified atom stereocenters. The molecule has 1 saturated heterocycles. The van der Waals surface area contributed by atoms with Gasteiger partial charge >= 0.3 is 0 Å². The molecule has 1 N–H and O–H groups in total. The van der Waals surface area contributed by atoms with Gasteiger partial charge in [0.15, 0.2) is 0 Å². The molecule has 116 valence electrons. The minimum absolute atomic E-state index is 0.160. The Hall–Kier alpha value is -1.16. The zero-order valence-electron chi connectivity index (χ0n) is 13.5. The Bertz CT molecular complexity index is 504. The number of nitrogens with one attached hydrogen (secondary N) is 1. The van der Waals surface area contributed by atoms with Crippen molar-refractivity contribution in [3.63, 3.8) is 0 Å². The molecule has 3 nitrogen and oxygen atoms in total. The van der Waals surface area contributed by atoms with Crippen LogP contribution in [-0.4, -0.2) is 40.9 Å². The first-order chi connectivity index (χ1) is 10.0. The Morgan fingerprint density at radius 1 is 1.43 bits per heavy atom. The highest BCUT2D eigenvalue weighted by atomic mass is 32.2. The van der Waals surface area contributed by atoms with Gasteiger partial charge < -0.3 is 10.2 Å². The number of hydrogen-bond acceptors (Lipinski definition) is 3. The van der Waals surface area contributed by atoms with Crippen LogP contribution < -0.4 is 5.32 Å². The van der Waals surface area contributed by atoms with Crippen LogP contribution in [0.1, 0.15) is 43.1 Å². The van der Waals surface area contributed by atoms with Crippen molar-refractivity contribution in [3.8, 4) is 0 Å². The van der Waals surface area contributed by atoms with Crippen LogP contribution >= 0.6 is 11.8 Å². The summed E-state index contributed by atoms with van der Waals surface area (Å²) in [6.07, 6.45) is 1.05. The van der Waals surface area contributed by atoms with Crippen LogP contribution in [-0.2, 0) is 0 Å². The number of nitrogens with zero attached hydrogens (tertiary/aromatic N) is 1. The number of carbonyl (C=O) groups is 1. The van der Waals surface area contributed by atoms with Crippen LogP contribution in [0, 0.1) is 6.92 Å². The van der Waals surface area contributed by atoms with Gasteiger partial charge in [0, 0.05) is 35.8 Å². The maximum atomic E-state index is 12.9. The second-order valence-corrected chi connectivity index (χ2v) is 7.28. The van der Waals surface area contributed by atoms with Crippen molar-refractivity contribution in [1.29, 1.82) is 0 Å². The number of carbonyl (C=O) groups excluding carboxylic acids is 1. The summed E-state index contributed by atoms with van der Waals surface area (Å²) in [5.74, 6) is 1.19. The number of amides is 1. The highest BCUT2D eigenvalue weighted by Crippen LogP contribution is 2.27. The molecule has 1 amide bonds. The molecule has 0 radical (unpaired) electrons. The van der Waals surface area contributed by atoms with E-state index in [1.54, 1.807) is 0 Å². The molecule has 1 aromatic rings. The topological polar surface area (TPSA) is 32.3 Å². The van der Waals surface area contributed by atoms with E-state index < -0.39 is 0 Å². The Morgan fingerprint density at radius 3 is 2.90 bits per heavy atom. The molecule has 2 atom stereocenters. The second kappa shape index (κ2) is 7.21. The zero-order valence-corrected chi connectivity index (χ0v) is 14.3. The molecule has 21 heavy (non-hydrogen) atoms. The summed E-state index contributed by atoms with van der Waals surface area (Å²) in [5, 5.41) is 3.90. The summed E-state index contributed by atoms with van der Waals surface area (Å²) in [5.41, 5.74) is 2.96. The summed E-state index contributed by atoms with van der Waals surface area (Å²) in [4.78, 5) is 15.0. The van der Waals surface area contributed by atoms with E-state index in [9.17, 15) is 4.79 Å². The van der Waals surface area contributed by atoms with Crippen molar-refractivity contribution in [2.24, 2.45) is 0 Å². The lowest BCUT2D eigenvalue weighted by molar-refractivity contribution is 0.0699. The summed E-state index contributed by atoms with van der Waals surface area (Å²) < 4.78 is 0. The van der Waals surface area contributed by atoms with E-state index in [-0.39, 0.29) is 11.9 Å². The van der Waals surface area contributed by atoms with Crippen molar-refractivity contribution >= 4 is 23.4 Å². The quantitative estimate of drug-likeness (QED) is 0.918. The van der Waals surface area contributed by atoms with Gasteiger partial charge in [-0.1, -0.05) is 19.9 Å². The average Bonchev–Trinajstić information content (AvgIpc) is 2.47. The van der Waals surface area contributed by atoms with E-state index in [0.29, 0.717) is 5.25 Å². The van der Waals surface area contributed by atoms with Gasteiger partial charge in [0.1, 0.15) is 0 Å². The Morgan fingerprint density at radius 2 is 2.19 bits per heavy atom. The molecule has 0 aromatic heterocycles. The van der Waals surface area contributed by atoms with Gasteiger partial charge in [-0.05, 0) is 38.0 Å². The van der Waals surface area contributed by atoms with Crippen LogP contribution in [0.2, 0.25) is 0 Å². The number of benzene rings is 1. The van der Waals surface area contributed by atoms with Crippen molar-refractivity contribution in [1.82, 2.24) is 4.90 Å². The van der Waals surface area contributed by atoms with E-state index in [1.165, 1.54) is 5.56 Å². The summed E-state index contributed by atoms with van der Waals surface area (Å²) in [6.45, 7) is 10.3.